The van der Waals surface area contributed by atoms with Crippen LogP contribution in [-0.4, -0.2) is 11.8 Å². The molecule has 0 spiro atoms. The van der Waals surface area contributed by atoms with Gasteiger partial charge in [0.2, 0.25) is 11.8 Å². The summed E-state index contributed by atoms with van der Waals surface area (Å²) in [5.41, 5.74) is 0.604. The minimum absolute atomic E-state index is 0.0886. The SMILES string of the molecule is C[C@H]1C=CC[C@@H]2C(=O)N(c3ccc(Oc4ccc5ccccc5c4)cc3)C(=O)[C@@H]21. The van der Waals surface area contributed by atoms with Gasteiger partial charge in [-0.25, -0.2) is 0 Å². The van der Waals surface area contributed by atoms with Crippen LogP contribution in [0.2, 0.25) is 0 Å². The number of imide groups is 1. The van der Waals surface area contributed by atoms with E-state index < -0.39 is 0 Å². The van der Waals surface area contributed by atoms with Crippen molar-refractivity contribution in [2.45, 2.75) is 13.3 Å². The Labute approximate surface area is 169 Å². The zero-order chi connectivity index (χ0) is 20.0. The number of nitrogens with zero attached hydrogens (tertiary/aromatic N) is 1. The minimum Gasteiger partial charge on any atom is -0.457 e. The number of allylic oxidation sites excluding steroid dienone is 2. The predicted octanol–water partition coefficient (Wildman–Crippen LogP) is 5.33. The fourth-order valence-corrected chi connectivity index (χ4v) is 4.43. The van der Waals surface area contributed by atoms with E-state index >= 15 is 0 Å². The minimum atomic E-state index is -0.249. The van der Waals surface area contributed by atoms with Crippen LogP contribution in [0.25, 0.3) is 10.8 Å². The van der Waals surface area contributed by atoms with E-state index in [4.69, 9.17) is 4.74 Å². The van der Waals surface area contributed by atoms with Gasteiger partial charge in [-0.3, -0.25) is 14.5 Å². The molecule has 29 heavy (non-hydrogen) atoms. The van der Waals surface area contributed by atoms with Crippen LogP contribution in [0, 0.1) is 17.8 Å². The lowest BCUT2D eigenvalue weighted by atomic mass is 9.78. The van der Waals surface area contributed by atoms with E-state index in [9.17, 15) is 9.59 Å². The smallest absolute Gasteiger partial charge is 0.238 e. The highest BCUT2D eigenvalue weighted by atomic mass is 16.5. The van der Waals surface area contributed by atoms with Gasteiger partial charge in [0.1, 0.15) is 11.5 Å². The summed E-state index contributed by atoms with van der Waals surface area (Å²) in [5.74, 6) is 0.813. The molecule has 1 aliphatic heterocycles. The second-order valence-corrected chi connectivity index (χ2v) is 7.77. The molecular weight excluding hydrogens is 362 g/mol. The maximum Gasteiger partial charge on any atom is 0.238 e. The molecule has 0 bridgehead atoms. The third-order valence-corrected chi connectivity index (χ3v) is 5.92. The lowest BCUT2D eigenvalue weighted by Gasteiger charge is -2.22. The van der Waals surface area contributed by atoms with E-state index in [0.29, 0.717) is 17.9 Å². The van der Waals surface area contributed by atoms with Crippen LogP contribution in [0.5, 0.6) is 11.5 Å². The number of anilines is 1. The van der Waals surface area contributed by atoms with Gasteiger partial charge >= 0.3 is 0 Å². The van der Waals surface area contributed by atoms with Crippen molar-refractivity contribution in [1.29, 1.82) is 0 Å². The Kier molecular flexibility index (Phi) is 4.20. The molecule has 4 nitrogen and oxygen atoms in total. The maximum absolute atomic E-state index is 12.9. The first-order chi connectivity index (χ1) is 14.1. The lowest BCUT2D eigenvalue weighted by molar-refractivity contribution is -0.122. The number of hydrogen-bond acceptors (Lipinski definition) is 3. The van der Waals surface area contributed by atoms with Crippen molar-refractivity contribution >= 4 is 28.3 Å². The van der Waals surface area contributed by atoms with Gasteiger partial charge in [0.05, 0.1) is 17.5 Å². The second-order valence-electron chi connectivity index (χ2n) is 7.77. The average molecular weight is 383 g/mol. The van der Waals surface area contributed by atoms with E-state index in [2.05, 4.69) is 6.07 Å². The Balaban J connectivity index is 1.37. The molecule has 0 unspecified atom stereocenters. The van der Waals surface area contributed by atoms with Crippen LogP contribution >= 0.6 is 0 Å². The summed E-state index contributed by atoms with van der Waals surface area (Å²) < 4.78 is 5.97. The average Bonchev–Trinajstić information content (AvgIpc) is 3.00. The highest BCUT2D eigenvalue weighted by molar-refractivity contribution is 6.22. The van der Waals surface area contributed by atoms with E-state index in [1.165, 1.54) is 4.90 Å². The molecule has 0 N–H and O–H groups in total. The molecule has 1 fully saturated rings. The van der Waals surface area contributed by atoms with Crippen molar-refractivity contribution in [2.24, 2.45) is 17.8 Å². The van der Waals surface area contributed by atoms with Gasteiger partial charge in [-0.1, -0.05) is 49.4 Å². The Morgan fingerprint density at radius 3 is 2.34 bits per heavy atom. The molecule has 2 amide bonds. The summed E-state index contributed by atoms with van der Waals surface area (Å²) in [6.45, 7) is 2.00. The molecule has 2 aliphatic rings. The molecule has 5 rings (SSSR count). The summed E-state index contributed by atoms with van der Waals surface area (Å²) in [6, 6.07) is 21.2. The monoisotopic (exact) mass is 383 g/mol. The van der Waals surface area contributed by atoms with Crippen molar-refractivity contribution in [3.05, 3.63) is 78.9 Å². The van der Waals surface area contributed by atoms with E-state index in [1.54, 1.807) is 24.3 Å². The van der Waals surface area contributed by atoms with Crippen LogP contribution in [0.15, 0.2) is 78.9 Å². The second kappa shape index (κ2) is 6.89. The normalized spacial score (nSPS) is 23.5. The first-order valence-corrected chi connectivity index (χ1v) is 9.93. The standard InChI is InChI=1S/C25H21NO3/c1-16-5-4-8-22-23(16)25(28)26(24(22)27)19-10-13-20(14-11-19)29-21-12-9-17-6-2-3-7-18(17)15-21/h2-7,9-16,22-23H,8H2,1H3/t16-,22-,23+/m0/s1. The van der Waals surface area contributed by atoms with Gasteiger partial charge in [0.15, 0.2) is 0 Å². The molecule has 0 aromatic heterocycles. The summed E-state index contributed by atoms with van der Waals surface area (Å²) in [7, 11) is 0. The quantitative estimate of drug-likeness (QED) is 0.453. The fourth-order valence-electron chi connectivity index (χ4n) is 4.43. The van der Waals surface area contributed by atoms with Gasteiger partial charge in [0, 0.05) is 0 Å². The molecule has 3 atom stereocenters. The van der Waals surface area contributed by atoms with Crippen molar-refractivity contribution in [3.63, 3.8) is 0 Å². The largest absolute Gasteiger partial charge is 0.457 e. The maximum atomic E-state index is 12.9. The topological polar surface area (TPSA) is 46.6 Å². The molecule has 0 saturated carbocycles. The number of amides is 2. The Morgan fingerprint density at radius 2 is 1.59 bits per heavy atom. The molecule has 3 aromatic carbocycles. The van der Waals surface area contributed by atoms with Crippen molar-refractivity contribution in [2.75, 3.05) is 4.90 Å². The summed E-state index contributed by atoms with van der Waals surface area (Å²) in [4.78, 5) is 27.1. The zero-order valence-corrected chi connectivity index (χ0v) is 16.1. The van der Waals surface area contributed by atoms with Gasteiger partial charge in [0.25, 0.3) is 0 Å². The molecule has 0 radical (unpaired) electrons. The number of ether oxygens (including phenoxy) is 1. The van der Waals surface area contributed by atoms with Crippen LogP contribution < -0.4 is 9.64 Å². The van der Waals surface area contributed by atoms with Crippen LogP contribution in [0.3, 0.4) is 0 Å². The number of rotatable bonds is 3. The highest BCUT2D eigenvalue weighted by Crippen LogP contribution is 2.40. The Hall–Kier alpha value is -3.40. The first kappa shape index (κ1) is 17.7. The van der Waals surface area contributed by atoms with Gasteiger partial charge < -0.3 is 4.74 Å². The zero-order valence-electron chi connectivity index (χ0n) is 16.1. The number of carbonyl (C=O) groups excluding carboxylic acids is 2. The Bertz CT molecular complexity index is 1130. The first-order valence-electron chi connectivity index (χ1n) is 9.93. The molecule has 1 aliphatic carbocycles. The van der Waals surface area contributed by atoms with Gasteiger partial charge in [-0.05, 0) is 59.5 Å². The summed E-state index contributed by atoms with van der Waals surface area (Å²) >= 11 is 0. The molecule has 4 heteroatoms. The van der Waals surface area contributed by atoms with Crippen LogP contribution in [0.4, 0.5) is 5.69 Å². The fraction of sp³-hybridized carbons (Fsp3) is 0.200. The number of carbonyl (C=O) groups is 2. The molecule has 144 valence electrons. The van der Waals surface area contributed by atoms with Gasteiger partial charge in [-0.15, -0.1) is 0 Å². The molecule has 3 aromatic rings. The predicted molar refractivity (Wildman–Crippen MR) is 113 cm³/mol. The van der Waals surface area contributed by atoms with E-state index in [0.717, 1.165) is 16.5 Å². The van der Waals surface area contributed by atoms with Gasteiger partial charge in [-0.2, -0.15) is 0 Å². The highest BCUT2D eigenvalue weighted by Gasteiger charge is 2.50. The van der Waals surface area contributed by atoms with Crippen LogP contribution in [0.1, 0.15) is 13.3 Å². The Morgan fingerprint density at radius 1 is 0.862 bits per heavy atom. The van der Waals surface area contributed by atoms with Crippen molar-refractivity contribution in [3.8, 4) is 11.5 Å². The third kappa shape index (κ3) is 3.01. The number of benzene rings is 3. The molecule has 1 heterocycles. The summed E-state index contributed by atoms with van der Waals surface area (Å²) in [6.07, 6.45) is 4.69. The molecule has 1 saturated heterocycles. The third-order valence-electron chi connectivity index (χ3n) is 5.92. The van der Waals surface area contributed by atoms with E-state index in [-0.39, 0.29) is 29.6 Å². The number of hydrogen-bond donors (Lipinski definition) is 0. The van der Waals surface area contributed by atoms with Crippen molar-refractivity contribution in [1.82, 2.24) is 0 Å². The number of fused-ring (bicyclic) bond motifs is 2. The van der Waals surface area contributed by atoms with Crippen molar-refractivity contribution < 1.29 is 14.3 Å². The lowest BCUT2D eigenvalue weighted by Crippen LogP contribution is -2.31. The van der Waals surface area contributed by atoms with E-state index in [1.807, 2.05) is 55.5 Å². The summed E-state index contributed by atoms with van der Waals surface area (Å²) in [5, 5.41) is 2.27. The molecular formula is C25H21NO3. The van der Waals surface area contributed by atoms with Crippen LogP contribution in [-0.2, 0) is 9.59 Å².